The van der Waals surface area contributed by atoms with Crippen LogP contribution in [0, 0.1) is 0 Å². The number of nitrogens with zero attached hydrogens (tertiary/aromatic N) is 4. The highest BCUT2D eigenvalue weighted by molar-refractivity contribution is 5.97. The lowest BCUT2D eigenvalue weighted by Gasteiger charge is -2.34. The standard InChI is InChI=1S/C23H34N6O4/c1-6-33-22(31)16(4)25-23(32)29-11-9-28(10-12-29)14-20-26-18-13-17(21(30)24-15(2)3)7-8-19(18)27(20)5/h7-8,13,15-16H,6,9-12,14H2,1-5H3,(H,24,30)(H,25,32)/t16-/m0/s1. The zero-order chi connectivity index (χ0) is 24.1. The van der Waals surface area contributed by atoms with Gasteiger partial charge in [-0.2, -0.15) is 0 Å². The fourth-order valence-electron chi connectivity index (χ4n) is 3.79. The van der Waals surface area contributed by atoms with Gasteiger partial charge in [0.1, 0.15) is 11.9 Å². The molecule has 0 saturated carbocycles. The van der Waals surface area contributed by atoms with Crippen molar-refractivity contribution in [3.63, 3.8) is 0 Å². The van der Waals surface area contributed by atoms with Crippen molar-refractivity contribution in [2.75, 3.05) is 32.8 Å². The van der Waals surface area contributed by atoms with Gasteiger partial charge in [-0.15, -0.1) is 0 Å². The van der Waals surface area contributed by atoms with Crippen molar-refractivity contribution in [3.05, 3.63) is 29.6 Å². The molecule has 0 spiro atoms. The Morgan fingerprint density at radius 3 is 2.42 bits per heavy atom. The fraction of sp³-hybridized carbons (Fsp3) is 0.565. The van der Waals surface area contributed by atoms with Gasteiger partial charge in [0.25, 0.3) is 5.91 Å². The molecule has 3 rings (SSSR count). The minimum atomic E-state index is -0.678. The number of nitrogens with one attached hydrogen (secondary N) is 2. The van der Waals surface area contributed by atoms with Crippen molar-refractivity contribution in [3.8, 4) is 0 Å². The number of fused-ring (bicyclic) bond motifs is 1. The van der Waals surface area contributed by atoms with E-state index >= 15 is 0 Å². The third kappa shape index (κ3) is 6.01. The molecule has 0 unspecified atom stereocenters. The zero-order valence-electron chi connectivity index (χ0n) is 20.1. The first-order valence-corrected chi connectivity index (χ1v) is 11.4. The SMILES string of the molecule is CCOC(=O)[C@H](C)NC(=O)N1CCN(Cc2nc3cc(C(=O)NC(C)C)ccc3n2C)CC1. The van der Waals surface area contributed by atoms with Crippen LogP contribution in [-0.4, -0.2) is 82.1 Å². The molecule has 33 heavy (non-hydrogen) atoms. The summed E-state index contributed by atoms with van der Waals surface area (Å²) in [6.07, 6.45) is 0. The summed E-state index contributed by atoms with van der Waals surface area (Å²) in [5.74, 6) is 0.363. The number of esters is 1. The van der Waals surface area contributed by atoms with Gasteiger partial charge in [-0.05, 0) is 45.9 Å². The van der Waals surface area contributed by atoms with E-state index in [1.54, 1.807) is 18.7 Å². The maximum absolute atomic E-state index is 12.4. The molecule has 2 aromatic rings. The Balaban J connectivity index is 1.58. The number of benzene rings is 1. The number of piperazine rings is 1. The molecular weight excluding hydrogens is 424 g/mol. The van der Waals surface area contributed by atoms with Gasteiger partial charge in [0, 0.05) is 44.8 Å². The van der Waals surface area contributed by atoms with Crippen molar-refractivity contribution in [2.45, 2.75) is 46.3 Å². The summed E-state index contributed by atoms with van der Waals surface area (Å²) in [6.45, 7) is 10.7. The molecule has 1 fully saturated rings. The molecule has 1 saturated heterocycles. The number of aryl methyl sites for hydroxylation is 1. The lowest BCUT2D eigenvalue weighted by Crippen LogP contribution is -2.54. The molecule has 0 radical (unpaired) electrons. The number of amides is 3. The summed E-state index contributed by atoms with van der Waals surface area (Å²) in [5.41, 5.74) is 2.35. The molecule has 1 aliphatic heterocycles. The minimum absolute atomic E-state index is 0.0709. The first-order valence-electron chi connectivity index (χ1n) is 11.4. The van der Waals surface area contributed by atoms with E-state index in [1.807, 2.05) is 43.7 Å². The number of urea groups is 1. The van der Waals surface area contributed by atoms with E-state index in [1.165, 1.54) is 0 Å². The molecule has 2 heterocycles. The van der Waals surface area contributed by atoms with E-state index in [0.717, 1.165) is 16.9 Å². The molecule has 1 aromatic heterocycles. The molecule has 180 valence electrons. The average molecular weight is 459 g/mol. The smallest absolute Gasteiger partial charge is 0.328 e. The third-order valence-electron chi connectivity index (χ3n) is 5.66. The van der Waals surface area contributed by atoms with Crippen molar-refractivity contribution >= 4 is 28.9 Å². The van der Waals surface area contributed by atoms with Crippen molar-refractivity contribution in [1.29, 1.82) is 0 Å². The number of carbonyl (C=O) groups is 3. The monoisotopic (exact) mass is 458 g/mol. The third-order valence-corrected chi connectivity index (χ3v) is 5.66. The molecule has 1 aliphatic rings. The highest BCUT2D eigenvalue weighted by Crippen LogP contribution is 2.19. The Morgan fingerprint density at radius 1 is 1.09 bits per heavy atom. The van der Waals surface area contributed by atoms with Crippen LogP contribution < -0.4 is 10.6 Å². The Labute approximate surface area is 194 Å². The summed E-state index contributed by atoms with van der Waals surface area (Å²) >= 11 is 0. The van der Waals surface area contributed by atoms with Gasteiger partial charge in [-0.1, -0.05) is 0 Å². The molecular formula is C23H34N6O4. The summed E-state index contributed by atoms with van der Waals surface area (Å²) < 4.78 is 6.98. The predicted octanol–water partition coefficient (Wildman–Crippen LogP) is 1.49. The second-order valence-corrected chi connectivity index (χ2v) is 8.61. The van der Waals surface area contributed by atoms with E-state index < -0.39 is 12.0 Å². The number of carbonyl (C=O) groups excluding carboxylic acids is 3. The first-order chi connectivity index (χ1) is 15.7. The van der Waals surface area contributed by atoms with Gasteiger partial charge in [-0.25, -0.2) is 14.6 Å². The van der Waals surface area contributed by atoms with Gasteiger partial charge in [-0.3, -0.25) is 9.69 Å². The lowest BCUT2D eigenvalue weighted by molar-refractivity contribution is -0.144. The number of ether oxygens (including phenoxy) is 1. The minimum Gasteiger partial charge on any atom is -0.464 e. The van der Waals surface area contributed by atoms with Crippen LogP contribution in [0.15, 0.2) is 18.2 Å². The van der Waals surface area contributed by atoms with Crippen molar-refractivity contribution in [1.82, 2.24) is 30.0 Å². The summed E-state index contributed by atoms with van der Waals surface area (Å²) in [6, 6.07) is 4.70. The number of aromatic nitrogens is 2. The van der Waals surface area contributed by atoms with Gasteiger partial charge in [0.05, 0.1) is 24.2 Å². The number of rotatable bonds is 7. The Bertz CT molecular complexity index is 1010. The molecule has 10 heteroatoms. The molecule has 0 bridgehead atoms. The van der Waals surface area contributed by atoms with Crippen LogP contribution >= 0.6 is 0 Å². The van der Waals surface area contributed by atoms with Crippen molar-refractivity contribution in [2.24, 2.45) is 7.05 Å². The highest BCUT2D eigenvalue weighted by Gasteiger charge is 2.25. The number of imidazole rings is 1. The van der Waals surface area contributed by atoms with Gasteiger partial charge >= 0.3 is 12.0 Å². The van der Waals surface area contributed by atoms with E-state index in [-0.39, 0.29) is 24.6 Å². The summed E-state index contributed by atoms with van der Waals surface area (Å²) in [5, 5.41) is 5.60. The molecule has 1 atom stereocenters. The normalized spacial score (nSPS) is 15.5. The average Bonchev–Trinajstić information content (AvgIpc) is 3.08. The lowest BCUT2D eigenvalue weighted by atomic mass is 10.2. The van der Waals surface area contributed by atoms with E-state index in [9.17, 15) is 14.4 Å². The predicted molar refractivity (Wildman–Crippen MR) is 125 cm³/mol. The maximum atomic E-state index is 12.4. The topological polar surface area (TPSA) is 109 Å². The summed E-state index contributed by atoms with van der Waals surface area (Å²) in [4.78, 5) is 45.2. The van der Waals surface area contributed by atoms with Crippen LogP contribution in [0.4, 0.5) is 4.79 Å². The maximum Gasteiger partial charge on any atom is 0.328 e. The molecule has 2 N–H and O–H groups in total. The quantitative estimate of drug-likeness (QED) is 0.609. The first kappa shape index (κ1) is 24.5. The zero-order valence-corrected chi connectivity index (χ0v) is 20.1. The number of hydrogen-bond donors (Lipinski definition) is 2. The molecule has 3 amide bonds. The van der Waals surface area contributed by atoms with Crippen LogP contribution in [0.1, 0.15) is 43.9 Å². The van der Waals surface area contributed by atoms with E-state index in [0.29, 0.717) is 38.3 Å². The van der Waals surface area contributed by atoms with Crippen LogP contribution in [0.3, 0.4) is 0 Å². The second-order valence-electron chi connectivity index (χ2n) is 8.61. The summed E-state index contributed by atoms with van der Waals surface area (Å²) in [7, 11) is 1.97. The van der Waals surface area contributed by atoms with Crippen LogP contribution in [0.25, 0.3) is 11.0 Å². The fourth-order valence-corrected chi connectivity index (χ4v) is 3.79. The van der Waals surface area contributed by atoms with E-state index in [4.69, 9.17) is 9.72 Å². The Hall–Kier alpha value is -3.14. The van der Waals surface area contributed by atoms with Gasteiger partial charge in [0.2, 0.25) is 0 Å². The van der Waals surface area contributed by atoms with Crippen LogP contribution in [-0.2, 0) is 23.1 Å². The van der Waals surface area contributed by atoms with Gasteiger partial charge in [0.15, 0.2) is 0 Å². The molecule has 0 aliphatic carbocycles. The molecule has 10 nitrogen and oxygen atoms in total. The Morgan fingerprint density at radius 2 is 1.79 bits per heavy atom. The van der Waals surface area contributed by atoms with Crippen molar-refractivity contribution < 1.29 is 19.1 Å². The van der Waals surface area contributed by atoms with Gasteiger partial charge < -0.3 is 24.8 Å². The van der Waals surface area contributed by atoms with E-state index in [2.05, 4.69) is 15.5 Å². The largest absolute Gasteiger partial charge is 0.464 e. The molecule has 1 aromatic carbocycles. The highest BCUT2D eigenvalue weighted by atomic mass is 16.5. The van der Waals surface area contributed by atoms with Crippen LogP contribution in [0.5, 0.6) is 0 Å². The number of hydrogen-bond acceptors (Lipinski definition) is 6. The Kier molecular flexibility index (Phi) is 7.91. The van der Waals surface area contributed by atoms with Crippen LogP contribution in [0.2, 0.25) is 0 Å². The second kappa shape index (κ2) is 10.7.